The topological polar surface area (TPSA) is 77.0 Å². The average molecular weight is 245 g/mol. The van der Waals surface area contributed by atoms with Crippen LogP contribution in [-0.4, -0.2) is 32.6 Å². The molecule has 0 aliphatic rings. The minimum Gasteiger partial charge on any atom is -0.396 e. The average Bonchev–Trinajstić information content (AvgIpc) is 2.76. The molecule has 0 saturated heterocycles. The fourth-order valence-electron chi connectivity index (χ4n) is 1.58. The van der Waals surface area contributed by atoms with Crippen LogP contribution in [0.25, 0.3) is 0 Å². The van der Waals surface area contributed by atoms with E-state index in [1.54, 1.807) is 30.5 Å². The molecule has 6 nitrogen and oxygen atoms in total. The van der Waals surface area contributed by atoms with E-state index in [9.17, 15) is 4.79 Å². The summed E-state index contributed by atoms with van der Waals surface area (Å²) in [4.78, 5) is 17.6. The molecule has 0 aromatic carbocycles. The zero-order valence-corrected chi connectivity index (χ0v) is 10.2. The number of carbonyl (C=O) groups excluding carboxylic acids is 1. The van der Waals surface area contributed by atoms with E-state index in [2.05, 4.69) is 10.1 Å². The maximum Gasteiger partial charge on any atom is 0.244 e. The molecule has 0 saturated carbocycles. The van der Waals surface area contributed by atoms with Crippen molar-refractivity contribution in [1.82, 2.24) is 19.7 Å². The minimum atomic E-state index is -0.0260. The Bertz CT molecular complexity index is 522. The Kier molecular flexibility index (Phi) is 3.57. The van der Waals surface area contributed by atoms with Gasteiger partial charge in [0.05, 0.1) is 11.9 Å². The van der Waals surface area contributed by atoms with E-state index in [0.29, 0.717) is 12.2 Å². The van der Waals surface area contributed by atoms with Crippen LogP contribution in [-0.2, 0) is 17.9 Å². The van der Waals surface area contributed by atoms with Crippen molar-refractivity contribution in [2.24, 2.45) is 0 Å². The predicted molar refractivity (Wildman–Crippen MR) is 67.4 cm³/mol. The third kappa shape index (κ3) is 3.07. The molecule has 2 aromatic heterocycles. The van der Waals surface area contributed by atoms with E-state index in [4.69, 9.17) is 5.73 Å². The van der Waals surface area contributed by atoms with Crippen LogP contribution >= 0.6 is 0 Å². The normalized spacial score (nSPS) is 10.3. The van der Waals surface area contributed by atoms with Gasteiger partial charge in [-0.2, -0.15) is 5.10 Å². The van der Waals surface area contributed by atoms with Gasteiger partial charge in [0, 0.05) is 32.2 Å². The standard InChI is InChI=1S/C12H15N5O/c1-16(7-10-3-2-4-14-5-10)12(18)9-17-8-11(13)6-15-17/h2-6,8H,7,9,13H2,1H3. The first-order chi connectivity index (χ1) is 8.65. The lowest BCUT2D eigenvalue weighted by molar-refractivity contribution is -0.131. The zero-order valence-electron chi connectivity index (χ0n) is 10.2. The molecule has 2 N–H and O–H groups in total. The van der Waals surface area contributed by atoms with Crippen molar-refractivity contribution < 1.29 is 4.79 Å². The summed E-state index contributed by atoms with van der Waals surface area (Å²) in [7, 11) is 1.75. The van der Waals surface area contributed by atoms with Crippen molar-refractivity contribution in [3.05, 3.63) is 42.5 Å². The maximum atomic E-state index is 11.9. The number of amides is 1. The molecule has 2 heterocycles. The number of rotatable bonds is 4. The monoisotopic (exact) mass is 245 g/mol. The largest absolute Gasteiger partial charge is 0.396 e. The molecule has 0 radical (unpaired) electrons. The van der Waals surface area contributed by atoms with E-state index in [-0.39, 0.29) is 12.5 Å². The molecule has 94 valence electrons. The summed E-state index contributed by atoms with van der Waals surface area (Å²) in [6.07, 6.45) is 6.61. The zero-order chi connectivity index (χ0) is 13.0. The van der Waals surface area contributed by atoms with Gasteiger partial charge in [0.1, 0.15) is 6.54 Å². The van der Waals surface area contributed by atoms with Crippen molar-refractivity contribution >= 4 is 11.6 Å². The van der Waals surface area contributed by atoms with Crippen LogP contribution in [0.15, 0.2) is 36.9 Å². The molecular weight excluding hydrogens is 230 g/mol. The first kappa shape index (κ1) is 12.1. The molecule has 0 bridgehead atoms. The van der Waals surface area contributed by atoms with Gasteiger partial charge < -0.3 is 10.6 Å². The third-order valence-corrected chi connectivity index (χ3v) is 2.52. The summed E-state index contributed by atoms with van der Waals surface area (Å²) < 4.78 is 1.53. The summed E-state index contributed by atoms with van der Waals surface area (Å²) in [5.41, 5.74) is 7.08. The highest BCUT2D eigenvalue weighted by molar-refractivity contribution is 5.75. The molecule has 2 aromatic rings. The predicted octanol–water partition coefficient (Wildman–Crippen LogP) is 0.519. The van der Waals surface area contributed by atoms with Crippen molar-refractivity contribution in [3.8, 4) is 0 Å². The summed E-state index contributed by atoms with van der Waals surface area (Å²) in [5.74, 6) is -0.0260. The number of likely N-dealkylation sites (N-methyl/N-ethyl adjacent to an activating group) is 1. The number of aromatic nitrogens is 3. The summed E-state index contributed by atoms with van der Waals surface area (Å²) >= 11 is 0. The first-order valence-electron chi connectivity index (χ1n) is 5.56. The molecule has 0 aliphatic heterocycles. The van der Waals surface area contributed by atoms with Gasteiger partial charge in [0.25, 0.3) is 0 Å². The summed E-state index contributed by atoms with van der Waals surface area (Å²) in [5, 5.41) is 3.98. The Morgan fingerprint density at radius 2 is 2.33 bits per heavy atom. The number of carbonyl (C=O) groups is 1. The van der Waals surface area contributed by atoms with Crippen molar-refractivity contribution in [3.63, 3.8) is 0 Å². The van der Waals surface area contributed by atoms with Crippen LogP contribution in [0.1, 0.15) is 5.56 Å². The van der Waals surface area contributed by atoms with Crippen LogP contribution < -0.4 is 5.73 Å². The van der Waals surface area contributed by atoms with E-state index >= 15 is 0 Å². The molecular formula is C12H15N5O. The maximum absolute atomic E-state index is 11.9. The number of nitrogens with zero attached hydrogens (tertiary/aromatic N) is 4. The lowest BCUT2D eigenvalue weighted by atomic mass is 10.2. The fourth-order valence-corrected chi connectivity index (χ4v) is 1.58. The first-order valence-corrected chi connectivity index (χ1v) is 5.56. The molecule has 1 amide bonds. The van der Waals surface area contributed by atoms with Gasteiger partial charge in [-0.25, -0.2) is 0 Å². The van der Waals surface area contributed by atoms with Crippen LogP contribution in [0.2, 0.25) is 0 Å². The Hall–Kier alpha value is -2.37. The minimum absolute atomic E-state index is 0.0260. The molecule has 0 unspecified atom stereocenters. The van der Waals surface area contributed by atoms with Gasteiger partial charge in [0.15, 0.2) is 0 Å². The van der Waals surface area contributed by atoms with Gasteiger partial charge in [-0.05, 0) is 11.6 Å². The molecule has 6 heteroatoms. The van der Waals surface area contributed by atoms with Crippen molar-refractivity contribution in [2.75, 3.05) is 12.8 Å². The molecule has 2 rings (SSSR count). The lowest BCUT2D eigenvalue weighted by Gasteiger charge is -2.16. The van der Waals surface area contributed by atoms with Gasteiger partial charge >= 0.3 is 0 Å². The smallest absolute Gasteiger partial charge is 0.244 e. The second-order valence-electron chi connectivity index (χ2n) is 4.08. The van der Waals surface area contributed by atoms with Crippen molar-refractivity contribution in [2.45, 2.75) is 13.1 Å². The molecule has 0 spiro atoms. The Labute approximate surface area is 105 Å². The lowest BCUT2D eigenvalue weighted by Crippen LogP contribution is -2.29. The quantitative estimate of drug-likeness (QED) is 0.851. The van der Waals surface area contributed by atoms with E-state index in [1.807, 2.05) is 12.1 Å². The highest BCUT2D eigenvalue weighted by atomic mass is 16.2. The van der Waals surface area contributed by atoms with Crippen molar-refractivity contribution in [1.29, 1.82) is 0 Å². The van der Waals surface area contributed by atoms with Gasteiger partial charge in [0.2, 0.25) is 5.91 Å². The fraction of sp³-hybridized carbons (Fsp3) is 0.250. The molecule has 0 atom stereocenters. The van der Waals surface area contributed by atoms with Crippen LogP contribution in [0.4, 0.5) is 5.69 Å². The SMILES string of the molecule is CN(Cc1cccnc1)C(=O)Cn1cc(N)cn1. The van der Waals surface area contributed by atoms with Crippen LogP contribution in [0.3, 0.4) is 0 Å². The number of hydrogen-bond acceptors (Lipinski definition) is 4. The molecule has 0 fully saturated rings. The number of anilines is 1. The van der Waals surface area contributed by atoms with E-state index in [1.165, 1.54) is 10.9 Å². The Morgan fingerprint density at radius 3 is 2.94 bits per heavy atom. The highest BCUT2D eigenvalue weighted by Crippen LogP contribution is 2.03. The molecule has 18 heavy (non-hydrogen) atoms. The van der Waals surface area contributed by atoms with Gasteiger partial charge in [-0.1, -0.05) is 6.07 Å². The van der Waals surface area contributed by atoms with Gasteiger partial charge in [-0.3, -0.25) is 14.5 Å². The summed E-state index contributed by atoms with van der Waals surface area (Å²) in [6.45, 7) is 0.720. The van der Waals surface area contributed by atoms with Crippen LogP contribution in [0.5, 0.6) is 0 Å². The van der Waals surface area contributed by atoms with E-state index < -0.39 is 0 Å². The number of hydrogen-bond donors (Lipinski definition) is 1. The Morgan fingerprint density at radius 1 is 1.50 bits per heavy atom. The van der Waals surface area contributed by atoms with E-state index in [0.717, 1.165) is 5.56 Å². The Balaban J connectivity index is 1.93. The second-order valence-corrected chi connectivity index (χ2v) is 4.08. The summed E-state index contributed by atoms with van der Waals surface area (Å²) in [6, 6.07) is 3.78. The van der Waals surface area contributed by atoms with Gasteiger partial charge in [-0.15, -0.1) is 0 Å². The second kappa shape index (κ2) is 5.31. The third-order valence-electron chi connectivity index (χ3n) is 2.52. The highest BCUT2D eigenvalue weighted by Gasteiger charge is 2.10. The van der Waals surface area contributed by atoms with Crippen LogP contribution in [0, 0.1) is 0 Å². The number of nitrogen functional groups attached to an aromatic ring is 1. The number of pyridine rings is 1. The number of nitrogens with two attached hydrogens (primary N) is 1. The molecule has 0 aliphatic carbocycles.